The van der Waals surface area contributed by atoms with Gasteiger partial charge in [0.2, 0.25) is 0 Å². The average molecular weight is 447 g/mol. The summed E-state index contributed by atoms with van der Waals surface area (Å²) in [4.78, 5) is 23.8. The van der Waals surface area contributed by atoms with Crippen molar-refractivity contribution < 1.29 is 14.3 Å². The van der Waals surface area contributed by atoms with Crippen LogP contribution in [0.15, 0.2) is 77.9 Å². The highest BCUT2D eigenvalue weighted by molar-refractivity contribution is 6.39. The lowest BCUT2D eigenvalue weighted by Gasteiger charge is -2.07. The van der Waals surface area contributed by atoms with Crippen LogP contribution in [-0.4, -0.2) is 18.0 Å². The van der Waals surface area contributed by atoms with Crippen LogP contribution in [0.3, 0.4) is 0 Å². The molecule has 0 heterocycles. The largest absolute Gasteiger partial charge is 0.489 e. The number of nitrogens with zero attached hydrogens (tertiary/aromatic N) is 2. The fraction of sp³-hybridized carbons (Fsp3) is 0.0833. The van der Waals surface area contributed by atoms with Crippen molar-refractivity contribution in [3.8, 4) is 11.8 Å². The normalized spacial score (nSPS) is 10.4. The van der Waals surface area contributed by atoms with Crippen LogP contribution in [0.2, 0.25) is 5.02 Å². The van der Waals surface area contributed by atoms with E-state index in [9.17, 15) is 9.59 Å². The van der Waals surface area contributed by atoms with Gasteiger partial charge in [-0.1, -0.05) is 35.9 Å². The van der Waals surface area contributed by atoms with Crippen LogP contribution in [0.1, 0.15) is 16.7 Å². The number of amides is 2. The Morgan fingerprint density at radius 2 is 1.75 bits per heavy atom. The van der Waals surface area contributed by atoms with Gasteiger partial charge in [-0.15, -0.1) is 0 Å². The first-order valence-corrected chi connectivity index (χ1v) is 9.99. The van der Waals surface area contributed by atoms with Crippen molar-refractivity contribution in [2.75, 3.05) is 5.32 Å². The smallest absolute Gasteiger partial charge is 0.329 e. The van der Waals surface area contributed by atoms with Crippen LogP contribution < -0.4 is 15.5 Å². The fourth-order valence-corrected chi connectivity index (χ4v) is 2.86. The Morgan fingerprint density at radius 1 is 1.00 bits per heavy atom. The van der Waals surface area contributed by atoms with Gasteiger partial charge in [0.25, 0.3) is 0 Å². The highest BCUT2D eigenvalue weighted by Crippen LogP contribution is 2.16. The molecule has 0 unspecified atom stereocenters. The zero-order valence-corrected chi connectivity index (χ0v) is 17.7. The van der Waals surface area contributed by atoms with Crippen LogP contribution in [0, 0.1) is 11.3 Å². The summed E-state index contributed by atoms with van der Waals surface area (Å²) in [6.45, 7) is 0.389. The number of benzene rings is 3. The maximum absolute atomic E-state index is 11.9. The Morgan fingerprint density at radius 3 is 2.44 bits per heavy atom. The van der Waals surface area contributed by atoms with Gasteiger partial charge in [0.15, 0.2) is 0 Å². The lowest BCUT2D eigenvalue weighted by Crippen LogP contribution is -2.32. The quantitative estimate of drug-likeness (QED) is 0.324. The van der Waals surface area contributed by atoms with Crippen LogP contribution >= 0.6 is 11.6 Å². The number of carbonyl (C=O) groups excluding carboxylic acids is 2. The number of rotatable bonds is 7. The van der Waals surface area contributed by atoms with Crippen LogP contribution in [0.25, 0.3) is 0 Å². The van der Waals surface area contributed by atoms with Gasteiger partial charge < -0.3 is 10.1 Å². The van der Waals surface area contributed by atoms with Gasteiger partial charge in [-0.2, -0.15) is 10.4 Å². The highest BCUT2D eigenvalue weighted by Gasteiger charge is 2.12. The van der Waals surface area contributed by atoms with Crippen molar-refractivity contribution in [1.82, 2.24) is 5.43 Å². The van der Waals surface area contributed by atoms with Crippen molar-refractivity contribution in [3.63, 3.8) is 0 Å². The van der Waals surface area contributed by atoms with Crippen molar-refractivity contribution in [3.05, 3.63) is 94.5 Å². The van der Waals surface area contributed by atoms with Crippen LogP contribution in [0.4, 0.5) is 5.69 Å². The van der Waals surface area contributed by atoms with E-state index >= 15 is 0 Å². The van der Waals surface area contributed by atoms with Gasteiger partial charge >= 0.3 is 11.8 Å². The SMILES string of the molecule is N#CCc1ccc(NC(=O)C(=O)N/N=C/c2ccc(OCc3cccc(Cl)c3)cc2)cc1. The minimum absolute atomic E-state index is 0.276. The van der Waals surface area contributed by atoms with Gasteiger partial charge in [0, 0.05) is 10.7 Å². The summed E-state index contributed by atoms with van der Waals surface area (Å²) in [7, 11) is 0. The number of nitriles is 1. The molecule has 8 heteroatoms. The Bertz CT molecular complexity index is 1150. The number of hydrazone groups is 1. The number of hydrogen-bond acceptors (Lipinski definition) is 5. The first kappa shape index (κ1) is 22.5. The Hall–Kier alpha value is -4.15. The molecule has 0 atom stereocenters. The van der Waals surface area contributed by atoms with Crippen molar-refractivity contribution in [1.29, 1.82) is 5.26 Å². The van der Waals surface area contributed by atoms with Gasteiger partial charge in [0.05, 0.1) is 18.7 Å². The van der Waals surface area contributed by atoms with E-state index in [2.05, 4.69) is 15.8 Å². The minimum Gasteiger partial charge on any atom is -0.489 e. The maximum Gasteiger partial charge on any atom is 0.329 e. The zero-order chi connectivity index (χ0) is 22.8. The summed E-state index contributed by atoms with van der Waals surface area (Å²) in [6, 6.07) is 23.2. The summed E-state index contributed by atoms with van der Waals surface area (Å²) >= 11 is 5.96. The second kappa shape index (κ2) is 11.3. The molecular formula is C24H19ClN4O3. The average Bonchev–Trinajstić information content (AvgIpc) is 2.80. The minimum atomic E-state index is -0.899. The van der Waals surface area contributed by atoms with E-state index in [0.717, 1.165) is 11.1 Å². The second-order valence-electron chi connectivity index (χ2n) is 6.67. The Balaban J connectivity index is 1.45. The van der Waals surface area contributed by atoms with Crippen molar-refractivity contribution >= 4 is 35.3 Å². The number of hydrogen-bond donors (Lipinski definition) is 2. The lowest BCUT2D eigenvalue weighted by molar-refractivity contribution is -0.136. The molecule has 32 heavy (non-hydrogen) atoms. The second-order valence-corrected chi connectivity index (χ2v) is 7.11. The van der Waals surface area contributed by atoms with Gasteiger partial charge in [-0.25, -0.2) is 5.43 Å². The number of ether oxygens (including phenoxy) is 1. The summed E-state index contributed by atoms with van der Waals surface area (Å²) < 4.78 is 5.71. The van der Waals surface area contributed by atoms with Crippen molar-refractivity contribution in [2.24, 2.45) is 5.10 Å². The molecule has 0 radical (unpaired) electrons. The number of nitrogens with one attached hydrogen (secondary N) is 2. The summed E-state index contributed by atoms with van der Waals surface area (Å²) in [5.74, 6) is -1.07. The Labute approximate surface area is 190 Å². The third-order valence-corrected chi connectivity index (χ3v) is 4.49. The van der Waals surface area contributed by atoms with Crippen molar-refractivity contribution in [2.45, 2.75) is 13.0 Å². The van der Waals surface area contributed by atoms with E-state index in [-0.39, 0.29) is 6.42 Å². The van der Waals surface area contributed by atoms with E-state index in [4.69, 9.17) is 21.6 Å². The number of carbonyl (C=O) groups is 2. The highest BCUT2D eigenvalue weighted by atomic mass is 35.5. The van der Waals surface area contributed by atoms with E-state index in [1.54, 1.807) is 54.6 Å². The molecule has 3 aromatic rings. The monoisotopic (exact) mass is 446 g/mol. The third kappa shape index (κ3) is 6.97. The summed E-state index contributed by atoms with van der Waals surface area (Å²) in [5, 5.41) is 15.6. The molecule has 2 amide bonds. The molecule has 3 aromatic carbocycles. The maximum atomic E-state index is 11.9. The first-order valence-electron chi connectivity index (χ1n) is 9.61. The van der Waals surface area contributed by atoms with Crippen LogP contribution in [0.5, 0.6) is 5.75 Å². The van der Waals surface area contributed by atoms with E-state index in [1.807, 2.05) is 24.3 Å². The summed E-state index contributed by atoms with van der Waals surface area (Å²) in [5.41, 5.74) is 5.13. The fourth-order valence-electron chi connectivity index (χ4n) is 2.64. The molecule has 2 N–H and O–H groups in total. The third-order valence-electron chi connectivity index (χ3n) is 4.26. The molecule has 7 nitrogen and oxygen atoms in total. The number of anilines is 1. The molecule has 0 fully saturated rings. The summed E-state index contributed by atoms with van der Waals surface area (Å²) in [6.07, 6.45) is 1.70. The molecule has 0 aliphatic rings. The molecule has 160 valence electrons. The van der Waals surface area contributed by atoms with Gasteiger partial charge in [0.1, 0.15) is 12.4 Å². The van der Waals surface area contributed by atoms with E-state index in [0.29, 0.717) is 28.6 Å². The number of halogens is 1. The van der Waals surface area contributed by atoms with Gasteiger partial charge in [-0.3, -0.25) is 9.59 Å². The standard InChI is InChI=1S/C24H19ClN4O3/c25-20-3-1-2-19(14-20)16-32-22-10-6-18(7-11-22)15-27-29-24(31)23(30)28-21-8-4-17(5-9-21)12-13-26/h1-11,14-15H,12,16H2,(H,28,30)(H,29,31)/b27-15+. The zero-order valence-electron chi connectivity index (χ0n) is 16.9. The molecule has 0 spiro atoms. The molecular weight excluding hydrogens is 428 g/mol. The molecule has 0 saturated carbocycles. The lowest BCUT2D eigenvalue weighted by atomic mass is 10.1. The predicted octanol–water partition coefficient (Wildman–Crippen LogP) is 4.07. The Kier molecular flexibility index (Phi) is 7.96. The topological polar surface area (TPSA) is 104 Å². The van der Waals surface area contributed by atoms with Crippen LogP contribution in [-0.2, 0) is 22.6 Å². The van der Waals surface area contributed by atoms with E-state index in [1.165, 1.54) is 6.21 Å². The molecule has 0 saturated heterocycles. The molecule has 0 bridgehead atoms. The molecule has 3 rings (SSSR count). The predicted molar refractivity (Wildman–Crippen MR) is 122 cm³/mol. The molecule has 0 aliphatic heterocycles. The van der Waals surface area contributed by atoms with Gasteiger partial charge in [-0.05, 0) is 65.2 Å². The molecule has 0 aliphatic carbocycles. The van der Waals surface area contributed by atoms with E-state index < -0.39 is 11.8 Å². The first-order chi connectivity index (χ1) is 15.5. The molecule has 0 aromatic heterocycles.